The third-order valence-corrected chi connectivity index (χ3v) is 9.37. The van der Waals surface area contributed by atoms with E-state index in [-0.39, 0.29) is 25.2 Å². The van der Waals surface area contributed by atoms with Crippen molar-refractivity contribution in [3.63, 3.8) is 0 Å². The van der Waals surface area contributed by atoms with E-state index >= 15 is 0 Å². The maximum absolute atomic E-state index is 12.2. The van der Waals surface area contributed by atoms with Gasteiger partial charge < -0.3 is 14.6 Å². The van der Waals surface area contributed by atoms with Gasteiger partial charge in [0.1, 0.15) is 6.61 Å². The van der Waals surface area contributed by atoms with Crippen LogP contribution in [0.3, 0.4) is 0 Å². The summed E-state index contributed by atoms with van der Waals surface area (Å²) in [5.74, 6) is 1.14. The maximum Gasteiger partial charge on any atom is 0.306 e. The number of carbonyl (C=O) groups excluding carboxylic acids is 2. The van der Waals surface area contributed by atoms with Crippen molar-refractivity contribution < 1.29 is 24.2 Å². The molecule has 1 unspecified atom stereocenters. The summed E-state index contributed by atoms with van der Waals surface area (Å²) < 4.78 is 10.6. The monoisotopic (exact) mass is 639 g/mol. The molecule has 5 nitrogen and oxygen atoms in total. The van der Waals surface area contributed by atoms with Gasteiger partial charge in [0.05, 0.1) is 6.61 Å². The van der Waals surface area contributed by atoms with Crippen molar-refractivity contribution in [2.75, 3.05) is 13.2 Å². The van der Waals surface area contributed by atoms with Crippen molar-refractivity contribution in [2.45, 2.75) is 220 Å². The predicted octanol–water partition coefficient (Wildman–Crippen LogP) is 12.1. The van der Waals surface area contributed by atoms with E-state index < -0.39 is 6.10 Å². The summed E-state index contributed by atoms with van der Waals surface area (Å²) in [4.78, 5) is 24.2. The number of hydrogen-bond donors (Lipinski definition) is 1. The normalized spacial score (nSPS) is 12.8. The second kappa shape index (κ2) is 34.2. The number of esters is 2. The van der Waals surface area contributed by atoms with Crippen LogP contribution in [0.25, 0.3) is 0 Å². The van der Waals surface area contributed by atoms with E-state index in [0.717, 1.165) is 50.4 Å². The minimum atomic E-state index is -0.763. The van der Waals surface area contributed by atoms with Crippen molar-refractivity contribution in [3.05, 3.63) is 0 Å². The molecule has 0 bridgehead atoms. The van der Waals surface area contributed by atoms with Crippen molar-refractivity contribution in [3.8, 4) is 0 Å². The third kappa shape index (κ3) is 34.1. The SMILES string of the molecule is CCC(C)CCCCCCCCCCC(=O)OC[C@H](CO)OC(=O)CCCCCCCCCCCCCCCCCCC(C)C. The van der Waals surface area contributed by atoms with Gasteiger partial charge in [-0.2, -0.15) is 0 Å². The Kier molecular flexibility index (Phi) is 33.4. The fraction of sp³-hybridized carbons (Fsp3) is 0.950. The number of ether oxygens (including phenoxy) is 2. The number of rotatable bonds is 35. The Balaban J connectivity index is 3.50. The Morgan fingerprint density at radius 1 is 0.511 bits per heavy atom. The van der Waals surface area contributed by atoms with Gasteiger partial charge in [-0.05, 0) is 24.7 Å². The Morgan fingerprint density at radius 2 is 0.867 bits per heavy atom. The molecule has 0 spiro atoms. The first-order valence-corrected chi connectivity index (χ1v) is 19.8. The average molecular weight is 639 g/mol. The maximum atomic E-state index is 12.2. The third-order valence-electron chi connectivity index (χ3n) is 9.37. The van der Waals surface area contributed by atoms with Gasteiger partial charge in [-0.1, -0.05) is 188 Å². The molecule has 0 aromatic carbocycles. The van der Waals surface area contributed by atoms with Gasteiger partial charge in [-0.15, -0.1) is 0 Å². The molecule has 0 radical (unpaired) electrons. The van der Waals surface area contributed by atoms with Crippen molar-refractivity contribution in [1.82, 2.24) is 0 Å². The molecule has 0 aliphatic rings. The molecule has 1 N–H and O–H groups in total. The van der Waals surface area contributed by atoms with Crippen LogP contribution < -0.4 is 0 Å². The molecule has 45 heavy (non-hydrogen) atoms. The zero-order valence-corrected chi connectivity index (χ0v) is 30.7. The molecule has 0 fully saturated rings. The highest BCUT2D eigenvalue weighted by Crippen LogP contribution is 2.17. The largest absolute Gasteiger partial charge is 0.462 e. The van der Waals surface area contributed by atoms with Crippen molar-refractivity contribution in [2.24, 2.45) is 11.8 Å². The van der Waals surface area contributed by atoms with E-state index in [4.69, 9.17) is 9.47 Å². The molecular formula is C40H78O5. The molecule has 268 valence electrons. The van der Waals surface area contributed by atoms with Gasteiger partial charge in [0.2, 0.25) is 0 Å². The number of aliphatic hydroxyl groups excluding tert-OH is 1. The molecule has 0 saturated carbocycles. The molecule has 0 rings (SSSR count). The Labute approximate surface area is 280 Å². The van der Waals surface area contributed by atoms with Gasteiger partial charge in [-0.25, -0.2) is 0 Å². The highest BCUT2D eigenvalue weighted by molar-refractivity contribution is 5.70. The molecule has 0 aromatic heterocycles. The smallest absolute Gasteiger partial charge is 0.306 e. The fourth-order valence-electron chi connectivity index (χ4n) is 5.95. The summed E-state index contributed by atoms with van der Waals surface area (Å²) in [5.41, 5.74) is 0. The number of aliphatic hydroxyl groups is 1. The lowest BCUT2D eigenvalue weighted by atomic mass is 9.99. The van der Waals surface area contributed by atoms with Crippen LogP contribution in [0, 0.1) is 11.8 Å². The molecular weight excluding hydrogens is 560 g/mol. The minimum absolute atomic E-state index is 0.0592. The minimum Gasteiger partial charge on any atom is -0.462 e. The van der Waals surface area contributed by atoms with Crippen LogP contribution in [0.4, 0.5) is 0 Å². The molecule has 0 aliphatic carbocycles. The van der Waals surface area contributed by atoms with Gasteiger partial charge in [0.15, 0.2) is 6.10 Å². The Morgan fingerprint density at radius 3 is 1.24 bits per heavy atom. The van der Waals surface area contributed by atoms with Crippen LogP contribution in [0.1, 0.15) is 214 Å². The zero-order valence-electron chi connectivity index (χ0n) is 30.7. The predicted molar refractivity (Wildman–Crippen MR) is 191 cm³/mol. The second-order valence-corrected chi connectivity index (χ2v) is 14.4. The standard InChI is InChI=1S/C40H78O5/c1-5-37(4)31-27-23-19-16-17-20-24-28-32-39(42)44-35-38(34-41)45-40(43)33-29-25-21-15-13-11-9-7-6-8-10-12-14-18-22-26-30-36(2)3/h36-38,41H,5-35H2,1-4H3/t37?,38-/m0/s1. The quantitative estimate of drug-likeness (QED) is 0.0552. The highest BCUT2D eigenvalue weighted by atomic mass is 16.6. The number of carbonyl (C=O) groups is 2. The Bertz CT molecular complexity index is 634. The van der Waals surface area contributed by atoms with E-state index in [1.165, 1.54) is 135 Å². The van der Waals surface area contributed by atoms with Gasteiger partial charge in [-0.3, -0.25) is 9.59 Å². The first kappa shape index (κ1) is 43.9. The highest BCUT2D eigenvalue weighted by Gasteiger charge is 2.16. The van der Waals surface area contributed by atoms with Crippen LogP contribution in [0.5, 0.6) is 0 Å². The van der Waals surface area contributed by atoms with Crippen LogP contribution in [0.2, 0.25) is 0 Å². The second-order valence-electron chi connectivity index (χ2n) is 14.4. The summed E-state index contributed by atoms with van der Waals surface area (Å²) in [6, 6.07) is 0. The molecule has 0 aromatic rings. The van der Waals surface area contributed by atoms with Crippen molar-refractivity contribution >= 4 is 11.9 Å². The number of unbranched alkanes of at least 4 members (excludes halogenated alkanes) is 22. The van der Waals surface area contributed by atoms with E-state index in [9.17, 15) is 14.7 Å². The molecule has 0 aliphatic heterocycles. The summed E-state index contributed by atoms with van der Waals surface area (Å²) in [6.07, 6.45) is 34.5. The Hall–Kier alpha value is -1.10. The van der Waals surface area contributed by atoms with Crippen LogP contribution in [-0.4, -0.2) is 36.4 Å². The van der Waals surface area contributed by atoms with Crippen molar-refractivity contribution in [1.29, 1.82) is 0 Å². The van der Waals surface area contributed by atoms with Crippen LogP contribution in [0.15, 0.2) is 0 Å². The van der Waals surface area contributed by atoms with Gasteiger partial charge >= 0.3 is 11.9 Å². The van der Waals surface area contributed by atoms with E-state index in [0.29, 0.717) is 12.8 Å². The summed E-state index contributed by atoms with van der Waals surface area (Å²) in [5, 5.41) is 9.54. The fourth-order valence-corrected chi connectivity index (χ4v) is 5.95. The zero-order chi connectivity index (χ0) is 33.2. The van der Waals surface area contributed by atoms with Crippen LogP contribution >= 0.6 is 0 Å². The lowest BCUT2D eigenvalue weighted by Crippen LogP contribution is -2.28. The molecule has 0 amide bonds. The summed E-state index contributed by atoms with van der Waals surface area (Å²) in [7, 11) is 0. The molecule has 2 atom stereocenters. The molecule has 0 saturated heterocycles. The van der Waals surface area contributed by atoms with Gasteiger partial charge in [0, 0.05) is 12.8 Å². The number of hydrogen-bond acceptors (Lipinski definition) is 5. The topological polar surface area (TPSA) is 72.8 Å². The van der Waals surface area contributed by atoms with E-state index in [1.54, 1.807) is 0 Å². The lowest BCUT2D eigenvalue weighted by molar-refractivity contribution is -0.161. The summed E-state index contributed by atoms with van der Waals surface area (Å²) >= 11 is 0. The molecule has 0 heterocycles. The van der Waals surface area contributed by atoms with E-state index in [2.05, 4.69) is 27.7 Å². The first-order valence-electron chi connectivity index (χ1n) is 19.8. The lowest BCUT2D eigenvalue weighted by Gasteiger charge is -2.15. The molecule has 5 heteroatoms. The first-order chi connectivity index (χ1) is 21.9. The van der Waals surface area contributed by atoms with E-state index in [1.807, 2.05) is 0 Å². The van der Waals surface area contributed by atoms with Gasteiger partial charge in [0.25, 0.3) is 0 Å². The summed E-state index contributed by atoms with van der Waals surface area (Å²) in [6.45, 7) is 8.86. The van der Waals surface area contributed by atoms with Crippen LogP contribution in [-0.2, 0) is 19.1 Å². The average Bonchev–Trinajstić information content (AvgIpc) is 3.02.